The van der Waals surface area contributed by atoms with Gasteiger partial charge in [0.15, 0.2) is 0 Å². The van der Waals surface area contributed by atoms with Crippen molar-refractivity contribution in [3.8, 4) is 17.2 Å². The van der Waals surface area contributed by atoms with Gasteiger partial charge in [0, 0.05) is 5.75 Å². The van der Waals surface area contributed by atoms with E-state index in [-0.39, 0.29) is 0 Å². The van der Waals surface area contributed by atoms with Crippen molar-refractivity contribution >= 4 is 17.8 Å². The van der Waals surface area contributed by atoms with Crippen LogP contribution in [0.15, 0.2) is 70.3 Å². The van der Waals surface area contributed by atoms with E-state index in [0.29, 0.717) is 11.1 Å². The Balaban J connectivity index is 1.63. The lowest BCUT2D eigenvalue weighted by Gasteiger charge is -2.03. The standard InChI is InChI=1S/C18H16N2O2S/c1-21-16-12-6-5-11-15(16)17-19-20-18(22-17)23-13-7-10-14-8-3-2-4-9-14/h2-12H,13H2,1H3. The van der Waals surface area contributed by atoms with Gasteiger partial charge in [0.1, 0.15) is 5.75 Å². The number of methoxy groups -OCH3 is 1. The number of hydrogen-bond donors (Lipinski definition) is 0. The average molecular weight is 324 g/mol. The van der Waals surface area contributed by atoms with Gasteiger partial charge < -0.3 is 9.15 Å². The zero-order chi connectivity index (χ0) is 15.9. The molecule has 1 heterocycles. The molecular weight excluding hydrogens is 308 g/mol. The van der Waals surface area contributed by atoms with Gasteiger partial charge in [-0.05, 0) is 17.7 Å². The number of hydrogen-bond acceptors (Lipinski definition) is 5. The minimum atomic E-state index is 0.469. The lowest BCUT2D eigenvalue weighted by molar-refractivity contribution is 0.411. The molecule has 5 heteroatoms. The molecule has 0 atom stereocenters. The molecule has 0 aliphatic rings. The molecule has 3 rings (SSSR count). The van der Waals surface area contributed by atoms with E-state index in [0.717, 1.165) is 17.1 Å². The highest BCUT2D eigenvalue weighted by atomic mass is 32.2. The van der Waals surface area contributed by atoms with Crippen molar-refractivity contribution in [2.24, 2.45) is 0 Å². The molecule has 3 aromatic rings. The van der Waals surface area contributed by atoms with E-state index in [1.165, 1.54) is 17.3 Å². The quantitative estimate of drug-likeness (QED) is 0.623. The first-order valence-electron chi connectivity index (χ1n) is 7.18. The molecule has 116 valence electrons. The molecular formula is C18H16N2O2S. The zero-order valence-corrected chi connectivity index (χ0v) is 13.5. The van der Waals surface area contributed by atoms with Gasteiger partial charge in [-0.15, -0.1) is 10.2 Å². The SMILES string of the molecule is COc1ccccc1-c1nnc(SCC=Cc2ccccc2)o1. The Morgan fingerprint density at radius 2 is 1.83 bits per heavy atom. The summed E-state index contributed by atoms with van der Waals surface area (Å²) < 4.78 is 11.0. The molecule has 0 saturated heterocycles. The van der Waals surface area contributed by atoms with E-state index in [1.807, 2.05) is 42.5 Å². The van der Waals surface area contributed by atoms with Crippen LogP contribution in [0.5, 0.6) is 5.75 Å². The van der Waals surface area contributed by atoms with Crippen LogP contribution in [0.25, 0.3) is 17.5 Å². The molecule has 0 fully saturated rings. The van der Waals surface area contributed by atoms with Gasteiger partial charge in [0.2, 0.25) is 0 Å². The molecule has 0 amide bonds. The van der Waals surface area contributed by atoms with Crippen LogP contribution in [0.1, 0.15) is 5.56 Å². The van der Waals surface area contributed by atoms with E-state index < -0.39 is 0 Å². The molecule has 4 nitrogen and oxygen atoms in total. The predicted octanol–water partition coefficient (Wildman–Crippen LogP) is 4.55. The summed E-state index contributed by atoms with van der Waals surface area (Å²) in [5, 5.41) is 8.70. The number of rotatable bonds is 6. The van der Waals surface area contributed by atoms with Crippen molar-refractivity contribution in [2.45, 2.75) is 5.22 Å². The minimum absolute atomic E-state index is 0.469. The number of nitrogens with zero attached hydrogens (tertiary/aromatic N) is 2. The van der Waals surface area contributed by atoms with Crippen LogP contribution in [-0.4, -0.2) is 23.1 Å². The highest BCUT2D eigenvalue weighted by Crippen LogP contribution is 2.30. The highest BCUT2D eigenvalue weighted by molar-refractivity contribution is 7.99. The fourth-order valence-electron chi connectivity index (χ4n) is 2.07. The van der Waals surface area contributed by atoms with Crippen LogP contribution < -0.4 is 4.74 Å². The van der Waals surface area contributed by atoms with Crippen molar-refractivity contribution in [1.82, 2.24) is 10.2 Å². The Bertz CT molecular complexity index is 784. The van der Waals surface area contributed by atoms with Crippen LogP contribution in [0.4, 0.5) is 0 Å². The molecule has 23 heavy (non-hydrogen) atoms. The Morgan fingerprint density at radius 3 is 2.65 bits per heavy atom. The van der Waals surface area contributed by atoms with Crippen molar-refractivity contribution in [2.75, 3.05) is 12.9 Å². The Morgan fingerprint density at radius 1 is 1.04 bits per heavy atom. The third-order valence-corrected chi connectivity index (χ3v) is 3.93. The van der Waals surface area contributed by atoms with Crippen molar-refractivity contribution in [1.29, 1.82) is 0 Å². The fraction of sp³-hybridized carbons (Fsp3) is 0.111. The molecule has 0 aliphatic carbocycles. The van der Waals surface area contributed by atoms with E-state index in [2.05, 4.69) is 34.5 Å². The van der Waals surface area contributed by atoms with E-state index in [9.17, 15) is 0 Å². The topological polar surface area (TPSA) is 48.2 Å². The third kappa shape index (κ3) is 4.02. The first-order chi connectivity index (χ1) is 11.4. The Hall–Kier alpha value is -2.53. The van der Waals surface area contributed by atoms with Crippen LogP contribution in [0.2, 0.25) is 0 Å². The van der Waals surface area contributed by atoms with Gasteiger partial charge in [-0.25, -0.2) is 0 Å². The Kier molecular flexibility index (Phi) is 5.11. The summed E-state index contributed by atoms with van der Waals surface area (Å²) in [7, 11) is 1.62. The lowest BCUT2D eigenvalue weighted by Crippen LogP contribution is -1.87. The summed E-state index contributed by atoms with van der Waals surface area (Å²) in [5.41, 5.74) is 1.97. The van der Waals surface area contributed by atoms with Gasteiger partial charge in [-0.1, -0.05) is 66.4 Å². The second-order valence-corrected chi connectivity index (χ2v) is 5.67. The second kappa shape index (κ2) is 7.65. The first kappa shape index (κ1) is 15.4. The molecule has 1 aromatic heterocycles. The molecule has 0 spiro atoms. The third-order valence-electron chi connectivity index (χ3n) is 3.16. The molecule has 0 bridgehead atoms. The summed E-state index contributed by atoms with van der Waals surface area (Å²) in [6, 6.07) is 17.8. The predicted molar refractivity (Wildman–Crippen MR) is 92.5 cm³/mol. The molecule has 0 saturated carbocycles. The number of benzene rings is 2. The van der Waals surface area contributed by atoms with Crippen molar-refractivity contribution in [3.05, 3.63) is 66.2 Å². The van der Waals surface area contributed by atoms with Crippen LogP contribution in [0.3, 0.4) is 0 Å². The summed E-state index contributed by atoms with van der Waals surface area (Å²) in [6.45, 7) is 0. The number of para-hydroxylation sites is 1. The smallest absolute Gasteiger partial charge is 0.277 e. The number of aromatic nitrogens is 2. The highest BCUT2D eigenvalue weighted by Gasteiger charge is 2.12. The molecule has 0 unspecified atom stereocenters. The fourth-order valence-corrected chi connectivity index (χ4v) is 2.64. The van der Waals surface area contributed by atoms with E-state index in [1.54, 1.807) is 7.11 Å². The lowest BCUT2D eigenvalue weighted by atomic mass is 10.2. The molecule has 0 aliphatic heterocycles. The van der Waals surface area contributed by atoms with Crippen LogP contribution >= 0.6 is 11.8 Å². The van der Waals surface area contributed by atoms with Crippen LogP contribution in [-0.2, 0) is 0 Å². The summed E-state index contributed by atoms with van der Waals surface area (Å²) >= 11 is 1.50. The van der Waals surface area contributed by atoms with Gasteiger partial charge >= 0.3 is 0 Å². The number of thioether (sulfide) groups is 1. The van der Waals surface area contributed by atoms with Crippen LogP contribution in [0, 0.1) is 0 Å². The molecule has 0 N–H and O–H groups in total. The summed E-state index contributed by atoms with van der Waals surface area (Å²) in [5.74, 6) is 1.95. The van der Waals surface area contributed by atoms with Gasteiger partial charge in [-0.2, -0.15) is 0 Å². The van der Waals surface area contributed by atoms with Crippen molar-refractivity contribution in [3.63, 3.8) is 0 Å². The van der Waals surface area contributed by atoms with E-state index >= 15 is 0 Å². The van der Waals surface area contributed by atoms with Gasteiger partial charge in [0.25, 0.3) is 11.1 Å². The number of ether oxygens (including phenoxy) is 1. The maximum absolute atomic E-state index is 5.69. The molecule has 2 aromatic carbocycles. The monoisotopic (exact) mass is 324 g/mol. The minimum Gasteiger partial charge on any atom is -0.496 e. The average Bonchev–Trinajstić information content (AvgIpc) is 3.08. The maximum Gasteiger partial charge on any atom is 0.277 e. The largest absolute Gasteiger partial charge is 0.496 e. The summed E-state index contributed by atoms with van der Waals surface area (Å²) in [6.07, 6.45) is 4.15. The normalized spacial score (nSPS) is 11.0. The summed E-state index contributed by atoms with van der Waals surface area (Å²) in [4.78, 5) is 0. The molecule has 0 radical (unpaired) electrons. The zero-order valence-electron chi connectivity index (χ0n) is 12.7. The first-order valence-corrected chi connectivity index (χ1v) is 8.16. The van der Waals surface area contributed by atoms with E-state index in [4.69, 9.17) is 9.15 Å². The van der Waals surface area contributed by atoms with Crippen molar-refractivity contribution < 1.29 is 9.15 Å². The Labute approximate surface area is 139 Å². The van der Waals surface area contributed by atoms with Gasteiger partial charge in [-0.3, -0.25) is 0 Å². The second-order valence-electron chi connectivity index (χ2n) is 4.70. The van der Waals surface area contributed by atoms with Gasteiger partial charge in [0.05, 0.1) is 12.7 Å². The maximum atomic E-state index is 5.69.